The Balaban J connectivity index is 1.86. The van der Waals surface area contributed by atoms with Crippen molar-refractivity contribution in [2.75, 3.05) is 0 Å². The fourth-order valence-electron chi connectivity index (χ4n) is 2.29. The van der Waals surface area contributed by atoms with Gasteiger partial charge < -0.3 is 5.32 Å². The first kappa shape index (κ1) is 10.6. The highest BCUT2D eigenvalue weighted by atomic mass is 19.1. The second kappa shape index (κ2) is 4.75. The van der Waals surface area contributed by atoms with Gasteiger partial charge in [0.1, 0.15) is 5.82 Å². The molecule has 0 aliphatic heterocycles. The lowest BCUT2D eigenvalue weighted by Crippen LogP contribution is -2.26. The second-order valence-corrected chi connectivity index (χ2v) is 4.59. The first-order valence-electron chi connectivity index (χ1n) is 5.72. The van der Waals surface area contributed by atoms with Crippen LogP contribution in [0.15, 0.2) is 24.3 Å². The fourth-order valence-corrected chi connectivity index (χ4v) is 2.29. The topological polar surface area (TPSA) is 12.0 Å². The normalized spacial score (nSPS) is 25.7. The van der Waals surface area contributed by atoms with Gasteiger partial charge in [0.2, 0.25) is 0 Å². The molecule has 2 rings (SSSR count). The Hall–Kier alpha value is -0.890. The molecule has 1 nitrogen and oxygen atoms in total. The zero-order chi connectivity index (χ0) is 10.7. The summed E-state index contributed by atoms with van der Waals surface area (Å²) in [5.41, 5.74) is 0.775. The first-order chi connectivity index (χ1) is 7.25. The summed E-state index contributed by atoms with van der Waals surface area (Å²) in [4.78, 5) is 0. The smallest absolute Gasteiger partial charge is 0.127 e. The number of benzene rings is 1. The molecule has 0 bridgehead atoms. The number of nitrogens with one attached hydrogen (secondary N) is 1. The van der Waals surface area contributed by atoms with E-state index in [2.05, 4.69) is 12.2 Å². The molecule has 0 radical (unpaired) electrons. The molecule has 2 heteroatoms. The predicted molar refractivity (Wildman–Crippen MR) is 60.0 cm³/mol. The van der Waals surface area contributed by atoms with Crippen molar-refractivity contribution in [3.63, 3.8) is 0 Å². The molecule has 0 amide bonds. The zero-order valence-electron chi connectivity index (χ0n) is 9.17. The van der Waals surface area contributed by atoms with Gasteiger partial charge in [-0.1, -0.05) is 25.1 Å². The molecular weight excluding hydrogens is 189 g/mol. The lowest BCUT2D eigenvalue weighted by atomic mass is 10.1. The fraction of sp³-hybridized carbons (Fsp3) is 0.538. The predicted octanol–water partition coefficient (Wildman–Crippen LogP) is 3.10. The lowest BCUT2D eigenvalue weighted by Gasteiger charge is -2.12. The summed E-state index contributed by atoms with van der Waals surface area (Å²) in [6.45, 7) is 2.94. The summed E-state index contributed by atoms with van der Waals surface area (Å²) in [6.07, 6.45) is 3.76. The van der Waals surface area contributed by atoms with Crippen LogP contribution in [-0.4, -0.2) is 6.04 Å². The molecular formula is C13H18FN. The maximum Gasteiger partial charge on any atom is 0.127 e. The highest BCUT2D eigenvalue weighted by Gasteiger charge is 2.20. The molecule has 0 heterocycles. The van der Waals surface area contributed by atoms with Gasteiger partial charge in [0.25, 0.3) is 0 Å². The van der Waals surface area contributed by atoms with Crippen molar-refractivity contribution >= 4 is 0 Å². The minimum atomic E-state index is -0.101. The maximum atomic E-state index is 13.3. The van der Waals surface area contributed by atoms with E-state index in [0.717, 1.165) is 11.5 Å². The Morgan fingerprint density at radius 3 is 2.80 bits per heavy atom. The summed E-state index contributed by atoms with van der Waals surface area (Å²) in [7, 11) is 0. The molecule has 2 atom stereocenters. The van der Waals surface area contributed by atoms with E-state index < -0.39 is 0 Å². The van der Waals surface area contributed by atoms with Crippen LogP contribution in [0.3, 0.4) is 0 Å². The van der Waals surface area contributed by atoms with E-state index in [0.29, 0.717) is 12.6 Å². The third kappa shape index (κ3) is 2.78. The molecule has 1 aromatic rings. The first-order valence-corrected chi connectivity index (χ1v) is 5.72. The number of hydrogen-bond acceptors (Lipinski definition) is 1. The SMILES string of the molecule is CC1CCC(NCc2ccccc2F)C1. The monoisotopic (exact) mass is 207 g/mol. The van der Waals surface area contributed by atoms with Crippen molar-refractivity contribution < 1.29 is 4.39 Å². The average molecular weight is 207 g/mol. The molecule has 1 aliphatic rings. The minimum absolute atomic E-state index is 0.101. The van der Waals surface area contributed by atoms with Crippen LogP contribution in [0.5, 0.6) is 0 Å². The molecule has 0 spiro atoms. The van der Waals surface area contributed by atoms with Crippen LogP contribution in [0.25, 0.3) is 0 Å². The van der Waals surface area contributed by atoms with Crippen molar-refractivity contribution in [1.29, 1.82) is 0 Å². The molecule has 15 heavy (non-hydrogen) atoms. The van der Waals surface area contributed by atoms with Crippen molar-refractivity contribution in [3.05, 3.63) is 35.6 Å². The number of hydrogen-bond donors (Lipinski definition) is 1. The minimum Gasteiger partial charge on any atom is -0.310 e. The van der Waals surface area contributed by atoms with Gasteiger partial charge in [-0.2, -0.15) is 0 Å². The van der Waals surface area contributed by atoms with Gasteiger partial charge >= 0.3 is 0 Å². The van der Waals surface area contributed by atoms with Gasteiger partial charge in [0, 0.05) is 18.2 Å². The maximum absolute atomic E-state index is 13.3. The average Bonchev–Trinajstić information content (AvgIpc) is 2.63. The highest BCUT2D eigenvalue weighted by molar-refractivity contribution is 5.17. The quantitative estimate of drug-likeness (QED) is 0.803. The van der Waals surface area contributed by atoms with Crippen LogP contribution in [0.1, 0.15) is 31.7 Å². The molecule has 82 valence electrons. The van der Waals surface area contributed by atoms with Gasteiger partial charge in [-0.25, -0.2) is 4.39 Å². The van der Waals surface area contributed by atoms with Crippen molar-refractivity contribution in [2.24, 2.45) is 5.92 Å². The molecule has 1 aromatic carbocycles. The van der Waals surface area contributed by atoms with Crippen LogP contribution in [-0.2, 0) is 6.54 Å². The van der Waals surface area contributed by atoms with Crippen molar-refractivity contribution in [3.8, 4) is 0 Å². The molecule has 1 fully saturated rings. The molecule has 1 saturated carbocycles. The van der Waals surface area contributed by atoms with E-state index in [1.165, 1.54) is 25.3 Å². The van der Waals surface area contributed by atoms with Gasteiger partial charge in [-0.3, -0.25) is 0 Å². The third-order valence-electron chi connectivity index (χ3n) is 3.23. The Labute approximate surface area is 90.7 Å². The Bertz CT molecular complexity index is 324. The van der Waals surface area contributed by atoms with Gasteiger partial charge in [-0.15, -0.1) is 0 Å². The molecule has 0 saturated heterocycles. The van der Waals surface area contributed by atoms with Crippen molar-refractivity contribution in [1.82, 2.24) is 5.32 Å². The summed E-state index contributed by atoms with van der Waals surface area (Å²) >= 11 is 0. The van der Waals surface area contributed by atoms with E-state index >= 15 is 0 Å². The standard InChI is InChI=1S/C13H18FN/c1-10-6-7-12(8-10)15-9-11-4-2-3-5-13(11)14/h2-5,10,12,15H,6-9H2,1H3. The summed E-state index contributed by atoms with van der Waals surface area (Å²) in [6, 6.07) is 7.57. The van der Waals surface area contributed by atoms with E-state index in [1.54, 1.807) is 6.07 Å². The Morgan fingerprint density at radius 1 is 1.33 bits per heavy atom. The molecule has 1 aliphatic carbocycles. The van der Waals surface area contributed by atoms with Gasteiger partial charge in [0.15, 0.2) is 0 Å². The van der Waals surface area contributed by atoms with Gasteiger partial charge in [-0.05, 0) is 31.2 Å². The van der Waals surface area contributed by atoms with Crippen molar-refractivity contribution in [2.45, 2.75) is 38.8 Å². The summed E-state index contributed by atoms with van der Waals surface area (Å²) in [5, 5.41) is 3.43. The summed E-state index contributed by atoms with van der Waals surface area (Å²) in [5.74, 6) is 0.721. The number of rotatable bonds is 3. The van der Waals surface area contributed by atoms with Crippen LogP contribution < -0.4 is 5.32 Å². The zero-order valence-corrected chi connectivity index (χ0v) is 9.17. The highest BCUT2D eigenvalue weighted by Crippen LogP contribution is 2.24. The van der Waals surface area contributed by atoms with E-state index in [1.807, 2.05) is 12.1 Å². The van der Waals surface area contributed by atoms with Gasteiger partial charge in [0.05, 0.1) is 0 Å². The largest absolute Gasteiger partial charge is 0.310 e. The molecule has 1 N–H and O–H groups in total. The van der Waals surface area contributed by atoms with Crippen LogP contribution >= 0.6 is 0 Å². The van der Waals surface area contributed by atoms with Crippen LogP contribution in [0.2, 0.25) is 0 Å². The van der Waals surface area contributed by atoms with Crippen LogP contribution in [0.4, 0.5) is 4.39 Å². The third-order valence-corrected chi connectivity index (χ3v) is 3.23. The van der Waals surface area contributed by atoms with E-state index in [4.69, 9.17) is 0 Å². The van der Waals surface area contributed by atoms with E-state index in [9.17, 15) is 4.39 Å². The van der Waals surface area contributed by atoms with Crippen LogP contribution in [0, 0.1) is 11.7 Å². The van der Waals surface area contributed by atoms with E-state index in [-0.39, 0.29) is 5.82 Å². The Morgan fingerprint density at radius 2 is 2.13 bits per heavy atom. The number of halogens is 1. The summed E-state index contributed by atoms with van der Waals surface area (Å²) < 4.78 is 13.3. The lowest BCUT2D eigenvalue weighted by molar-refractivity contribution is 0.492. The second-order valence-electron chi connectivity index (χ2n) is 4.59. The molecule has 0 aromatic heterocycles. The molecule has 2 unspecified atom stereocenters. The Kier molecular flexibility index (Phi) is 3.37.